The Bertz CT molecular complexity index is 462. The van der Waals surface area contributed by atoms with Gasteiger partial charge < -0.3 is 5.73 Å². The Morgan fingerprint density at radius 3 is 2.56 bits per heavy atom. The molecule has 1 saturated heterocycles. The molecule has 0 radical (unpaired) electrons. The monoisotopic (exact) mass is 267 g/mol. The Labute approximate surface area is 110 Å². The van der Waals surface area contributed by atoms with E-state index in [1.54, 1.807) is 17.0 Å². The number of piperazine rings is 1. The first-order valence-electron chi connectivity index (χ1n) is 5.62. The summed E-state index contributed by atoms with van der Waals surface area (Å²) in [6, 6.07) is 7.11. The van der Waals surface area contributed by atoms with E-state index in [-0.39, 0.29) is 30.9 Å². The molecule has 3 N–H and O–H groups in total. The van der Waals surface area contributed by atoms with Gasteiger partial charge in [0.2, 0.25) is 11.8 Å². The van der Waals surface area contributed by atoms with Crippen molar-refractivity contribution in [2.45, 2.75) is 6.04 Å². The third-order valence-electron chi connectivity index (χ3n) is 2.87. The van der Waals surface area contributed by atoms with Crippen LogP contribution < -0.4 is 11.1 Å². The standard InChI is InChI=1S/C12H14ClN3O2/c13-9-3-1-2-8(4-9)10(5-14)16-6-11(17)15-12(18)7-16/h1-4,10H,5-7,14H2,(H,15,17,18). The lowest BCUT2D eigenvalue weighted by atomic mass is 10.0. The number of nitrogens with two attached hydrogens (primary N) is 1. The first-order valence-corrected chi connectivity index (χ1v) is 6.00. The number of nitrogens with zero attached hydrogens (tertiary/aromatic N) is 1. The summed E-state index contributed by atoms with van der Waals surface area (Å²) in [4.78, 5) is 24.5. The van der Waals surface area contributed by atoms with Gasteiger partial charge in [-0.05, 0) is 17.7 Å². The number of amides is 2. The highest BCUT2D eigenvalue weighted by atomic mass is 35.5. The summed E-state index contributed by atoms with van der Waals surface area (Å²) in [5.74, 6) is -0.599. The number of carbonyl (C=O) groups is 2. The second-order valence-corrected chi connectivity index (χ2v) is 4.62. The summed E-state index contributed by atoms with van der Waals surface area (Å²) < 4.78 is 0. The first kappa shape index (κ1) is 13.0. The van der Waals surface area contributed by atoms with Gasteiger partial charge in [0.25, 0.3) is 0 Å². The topological polar surface area (TPSA) is 75.4 Å². The van der Waals surface area contributed by atoms with E-state index in [4.69, 9.17) is 17.3 Å². The van der Waals surface area contributed by atoms with E-state index in [2.05, 4.69) is 5.32 Å². The molecular formula is C12H14ClN3O2. The van der Waals surface area contributed by atoms with Crippen LogP contribution >= 0.6 is 11.6 Å². The lowest BCUT2D eigenvalue weighted by Crippen LogP contribution is -2.53. The van der Waals surface area contributed by atoms with Crippen LogP contribution in [0.2, 0.25) is 5.02 Å². The summed E-state index contributed by atoms with van der Waals surface area (Å²) >= 11 is 5.94. The third-order valence-corrected chi connectivity index (χ3v) is 3.10. The Morgan fingerprint density at radius 2 is 2.00 bits per heavy atom. The molecule has 1 aromatic carbocycles. The van der Waals surface area contributed by atoms with Crippen molar-refractivity contribution < 1.29 is 9.59 Å². The molecule has 0 saturated carbocycles. The fourth-order valence-corrected chi connectivity index (χ4v) is 2.29. The van der Waals surface area contributed by atoms with Gasteiger partial charge in [-0.25, -0.2) is 0 Å². The van der Waals surface area contributed by atoms with Gasteiger partial charge in [-0.2, -0.15) is 0 Å². The third kappa shape index (κ3) is 2.87. The number of halogens is 1. The number of imide groups is 1. The van der Waals surface area contributed by atoms with E-state index >= 15 is 0 Å². The highest BCUT2D eigenvalue weighted by molar-refractivity contribution is 6.30. The summed E-state index contributed by atoms with van der Waals surface area (Å²) in [5, 5.41) is 2.87. The molecule has 0 bridgehead atoms. The van der Waals surface area contributed by atoms with E-state index in [1.807, 2.05) is 12.1 Å². The maximum Gasteiger partial charge on any atom is 0.240 e. The number of nitrogens with one attached hydrogen (secondary N) is 1. The van der Waals surface area contributed by atoms with Crippen LogP contribution in [-0.2, 0) is 9.59 Å². The van der Waals surface area contributed by atoms with Gasteiger partial charge >= 0.3 is 0 Å². The maximum absolute atomic E-state index is 11.4. The van der Waals surface area contributed by atoms with Crippen molar-refractivity contribution in [1.82, 2.24) is 10.2 Å². The van der Waals surface area contributed by atoms with Crippen LogP contribution in [0, 0.1) is 0 Å². The quantitative estimate of drug-likeness (QED) is 0.773. The van der Waals surface area contributed by atoms with Gasteiger partial charge in [0.1, 0.15) is 0 Å². The number of hydrogen-bond donors (Lipinski definition) is 2. The second kappa shape index (κ2) is 5.48. The minimum absolute atomic E-state index is 0.167. The zero-order valence-corrected chi connectivity index (χ0v) is 10.5. The molecule has 18 heavy (non-hydrogen) atoms. The molecule has 1 aliphatic rings. The van der Waals surface area contributed by atoms with E-state index in [9.17, 15) is 9.59 Å². The van der Waals surface area contributed by atoms with E-state index in [0.717, 1.165) is 5.56 Å². The molecule has 1 unspecified atom stereocenters. The highest BCUT2D eigenvalue weighted by Crippen LogP contribution is 2.23. The molecule has 96 valence electrons. The Kier molecular flexibility index (Phi) is 3.96. The molecule has 1 fully saturated rings. The van der Waals surface area contributed by atoms with E-state index in [1.165, 1.54) is 0 Å². The van der Waals surface area contributed by atoms with Crippen molar-refractivity contribution in [3.63, 3.8) is 0 Å². The first-order chi connectivity index (χ1) is 8.60. The molecule has 0 aromatic heterocycles. The highest BCUT2D eigenvalue weighted by Gasteiger charge is 2.28. The summed E-state index contributed by atoms with van der Waals surface area (Å²) in [6.45, 7) is 0.654. The van der Waals surface area contributed by atoms with Crippen molar-refractivity contribution in [1.29, 1.82) is 0 Å². The predicted octanol–water partition coefficient (Wildman–Crippen LogP) is 0.298. The zero-order chi connectivity index (χ0) is 13.1. The Morgan fingerprint density at radius 1 is 1.33 bits per heavy atom. The van der Waals surface area contributed by atoms with Crippen molar-refractivity contribution in [2.24, 2.45) is 5.73 Å². The minimum Gasteiger partial charge on any atom is -0.329 e. The van der Waals surface area contributed by atoms with Crippen molar-refractivity contribution >= 4 is 23.4 Å². The van der Waals surface area contributed by atoms with Gasteiger partial charge in [0.15, 0.2) is 0 Å². The van der Waals surface area contributed by atoms with Crippen molar-refractivity contribution in [3.8, 4) is 0 Å². The van der Waals surface area contributed by atoms with Crippen LogP contribution in [0.1, 0.15) is 11.6 Å². The van der Waals surface area contributed by atoms with E-state index < -0.39 is 0 Å². The minimum atomic E-state index is -0.299. The number of rotatable bonds is 3. The zero-order valence-electron chi connectivity index (χ0n) is 9.73. The molecule has 6 heteroatoms. The Hall–Kier alpha value is -1.43. The molecule has 0 spiro atoms. The predicted molar refractivity (Wildman–Crippen MR) is 68.0 cm³/mol. The Balaban J connectivity index is 2.22. The lowest BCUT2D eigenvalue weighted by molar-refractivity contribution is -0.137. The van der Waals surface area contributed by atoms with Crippen molar-refractivity contribution in [3.05, 3.63) is 34.9 Å². The molecule has 1 aromatic rings. The van der Waals surface area contributed by atoms with Gasteiger partial charge in [-0.3, -0.25) is 19.8 Å². The summed E-state index contributed by atoms with van der Waals surface area (Å²) in [5.41, 5.74) is 6.66. The lowest BCUT2D eigenvalue weighted by Gasteiger charge is -2.32. The van der Waals surface area contributed by atoms with Crippen LogP contribution in [0.3, 0.4) is 0 Å². The number of benzene rings is 1. The second-order valence-electron chi connectivity index (χ2n) is 4.18. The average molecular weight is 268 g/mol. The van der Waals surface area contributed by atoms with Crippen LogP contribution in [0.5, 0.6) is 0 Å². The van der Waals surface area contributed by atoms with Crippen molar-refractivity contribution in [2.75, 3.05) is 19.6 Å². The molecule has 1 aliphatic heterocycles. The SMILES string of the molecule is NCC(c1cccc(Cl)c1)N1CC(=O)NC(=O)C1. The molecule has 1 atom stereocenters. The van der Waals surface area contributed by atoms with E-state index in [0.29, 0.717) is 11.6 Å². The average Bonchev–Trinajstić information content (AvgIpc) is 2.28. The van der Waals surface area contributed by atoms with Gasteiger partial charge in [-0.15, -0.1) is 0 Å². The van der Waals surface area contributed by atoms with Crippen LogP contribution in [0.15, 0.2) is 24.3 Å². The largest absolute Gasteiger partial charge is 0.329 e. The number of hydrogen-bond acceptors (Lipinski definition) is 4. The fraction of sp³-hybridized carbons (Fsp3) is 0.333. The molecule has 1 heterocycles. The molecular weight excluding hydrogens is 254 g/mol. The molecule has 2 rings (SSSR count). The van der Waals surface area contributed by atoms with Gasteiger partial charge in [0.05, 0.1) is 13.1 Å². The normalized spacial score (nSPS) is 18.6. The van der Waals surface area contributed by atoms with Gasteiger partial charge in [-0.1, -0.05) is 23.7 Å². The molecule has 2 amide bonds. The van der Waals surface area contributed by atoms with Gasteiger partial charge in [0, 0.05) is 17.6 Å². The van der Waals surface area contributed by atoms with Crippen LogP contribution in [0.4, 0.5) is 0 Å². The van der Waals surface area contributed by atoms with Crippen LogP contribution in [-0.4, -0.2) is 36.3 Å². The summed E-state index contributed by atoms with van der Waals surface area (Å²) in [6.07, 6.45) is 0. The molecule has 0 aliphatic carbocycles. The fourth-order valence-electron chi connectivity index (χ4n) is 2.09. The summed E-state index contributed by atoms with van der Waals surface area (Å²) in [7, 11) is 0. The van der Waals surface area contributed by atoms with Crippen LogP contribution in [0.25, 0.3) is 0 Å². The maximum atomic E-state index is 11.4. The smallest absolute Gasteiger partial charge is 0.240 e. The number of carbonyl (C=O) groups excluding carboxylic acids is 2. The molecule has 5 nitrogen and oxygen atoms in total.